The van der Waals surface area contributed by atoms with Crippen molar-refractivity contribution in [3.05, 3.63) is 173 Å². The van der Waals surface area contributed by atoms with E-state index in [1.165, 1.54) is 43.8 Å². The smallest absolute Gasteiger partial charge is 0.196 e. The maximum absolute atomic E-state index is 10.9. The molecule has 0 N–H and O–H groups in total. The molecule has 0 spiro atoms. The molecule has 0 atom stereocenters. The van der Waals surface area contributed by atoms with Crippen LogP contribution in [0.4, 0.5) is 5.69 Å². The Hall–Kier alpha value is -8.54. The van der Waals surface area contributed by atoms with Crippen molar-refractivity contribution in [2.75, 3.05) is 0 Å². The van der Waals surface area contributed by atoms with Crippen molar-refractivity contribution in [1.29, 1.82) is 15.8 Å². The van der Waals surface area contributed by atoms with Crippen LogP contribution >= 0.6 is 0 Å². The van der Waals surface area contributed by atoms with Crippen molar-refractivity contribution in [1.82, 2.24) is 0 Å². The van der Waals surface area contributed by atoms with Gasteiger partial charge in [0.05, 0.1) is 35.9 Å². The number of hydrogen-bond donors (Lipinski definition) is 0. The number of benzene rings is 10. The maximum atomic E-state index is 10.9. The van der Waals surface area contributed by atoms with Crippen molar-refractivity contribution in [2.24, 2.45) is 0 Å². The molecule has 4 heteroatoms. The monoisotopic (exact) mass is 840 g/mol. The summed E-state index contributed by atoms with van der Waals surface area (Å²) in [7, 11) is 0. The molecule has 0 fully saturated rings. The van der Waals surface area contributed by atoms with Crippen molar-refractivity contribution in [3.8, 4) is 85.0 Å². The lowest BCUT2D eigenvalue weighted by molar-refractivity contribution is 0.588. The molecule has 0 aromatic heterocycles. The quantitative estimate of drug-likeness (QED) is 0.128. The second-order valence-electron chi connectivity index (χ2n) is 20.1. The van der Waals surface area contributed by atoms with E-state index in [0.29, 0.717) is 22.4 Å². The van der Waals surface area contributed by atoms with Crippen LogP contribution < -0.4 is 0 Å². The Bertz CT molecular complexity index is 3830. The fraction of sp³-hybridized carbons (Fsp3) is 0.129. The van der Waals surface area contributed by atoms with Crippen LogP contribution in [0, 0.1) is 40.6 Å². The van der Waals surface area contributed by atoms with Gasteiger partial charge in [-0.25, -0.2) is 4.85 Å². The summed E-state index contributed by atoms with van der Waals surface area (Å²) in [5.41, 5.74) is 15.7. The van der Waals surface area contributed by atoms with Crippen molar-refractivity contribution in [3.63, 3.8) is 0 Å². The average molecular weight is 841 g/mol. The Morgan fingerprint density at radius 1 is 0.364 bits per heavy atom. The topological polar surface area (TPSA) is 75.7 Å². The molecule has 0 heterocycles. The molecular weight excluding hydrogens is 801 g/mol. The van der Waals surface area contributed by atoms with Gasteiger partial charge < -0.3 is 0 Å². The van der Waals surface area contributed by atoms with Gasteiger partial charge in [0.15, 0.2) is 5.69 Å². The van der Waals surface area contributed by atoms with Crippen molar-refractivity contribution < 1.29 is 0 Å². The molecule has 12 rings (SSSR count). The highest BCUT2D eigenvalue weighted by atomic mass is 14.6. The molecular formula is C62H40N4. The molecule has 0 amide bonds. The first-order valence-electron chi connectivity index (χ1n) is 22.4. The highest BCUT2D eigenvalue weighted by molar-refractivity contribution is 6.29. The summed E-state index contributed by atoms with van der Waals surface area (Å²) in [6.07, 6.45) is 0. The summed E-state index contributed by atoms with van der Waals surface area (Å²) in [5, 5.41) is 42.7. The van der Waals surface area contributed by atoms with Gasteiger partial charge in [0.25, 0.3) is 0 Å². The molecule has 2 aliphatic rings. The largest absolute Gasteiger partial charge is 0.237 e. The third kappa shape index (κ3) is 5.34. The van der Waals surface area contributed by atoms with E-state index in [-0.39, 0.29) is 10.8 Å². The van der Waals surface area contributed by atoms with Gasteiger partial charge in [-0.1, -0.05) is 120 Å². The Balaban J connectivity index is 1.31. The van der Waals surface area contributed by atoms with Gasteiger partial charge in [-0.3, -0.25) is 0 Å². The van der Waals surface area contributed by atoms with Crippen LogP contribution in [0.15, 0.2) is 133 Å². The molecule has 2 aliphatic carbocycles. The predicted molar refractivity (Wildman–Crippen MR) is 272 cm³/mol. The maximum Gasteiger partial charge on any atom is 0.196 e. The van der Waals surface area contributed by atoms with Crippen molar-refractivity contribution >= 4 is 59.5 Å². The van der Waals surface area contributed by atoms with Crippen LogP contribution in [0.25, 0.3) is 125 Å². The second-order valence-corrected chi connectivity index (χ2v) is 20.1. The van der Waals surface area contributed by atoms with E-state index in [0.717, 1.165) is 88.0 Å². The second kappa shape index (κ2) is 13.5. The van der Waals surface area contributed by atoms with Crippen LogP contribution in [0.1, 0.15) is 69.4 Å². The molecule has 4 nitrogen and oxygen atoms in total. The van der Waals surface area contributed by atoms with Crippen LogP contribution in [0.3, 0.4) is 0 Å². The van der Waals surface area contributed by atoms with E-state index in [4.69, 9.17) is 6.57 Å². The number of fused-ring (bicyclic) bond motifs is 11. The van der Waals surface area contributed by atoms with E-state index in [2.05, 4.69) is 186 Å². The minimum absolute atomic E-state index is 0.366. The zero-order valence-electron chi connectivity index (χ0n) is 37.5. The fourth-order valence-corrected chi connectivity index (χ4v) is 11.3. The van der Waals surface area contributed by atoms with Crippen LogP contribution in [-0.4, -0.2) is 0 Å². The number of rotatable bonds is 2. The van der Waals surface area contributed by atoms with Gasteiger partial charge in [-0.05, 0) is 192 Å². The summed E-state index contributed by atoms with van der Waals surface area (Å²) >= 11 is 0. The molecule has 0 aliphatic heterocycles. The number of hydrogen-bond acceptors (Lipinski definition) is 3. The lowest BCUT2D eigenvalue weighted by atomic mass is 9.79. The van der Waals surface area contributed by atoms with Gasteiger partial charge in [-0.15, -0.1) is 0 Å². The molecule has 10 aromatic rings. The first-order valence-corrected chi connectivity index (χ1v) is 22.4. The van der Waals surface area contributed by atoms with E-state index in [1.807, 2.05) is 0 Å². The predicted octanol–water partition coefficient (Wildman–Crippen LogP) is 16.8. The Labute approximate surface area is 383 Å². The lowest BCUT2D eigenvalue weighted by Crippen LogP contribution is -2.14. The SMILES string of the molecule is [C-]#[N+]c1cc(C#N)c(C(C)(C)C)cc1-c1cc2c3cc4c(cc3c(-c3cc(C(C)(C)C)c(C#N)cc3C#N)cc2c2cc3c(cc12)-c1cccc2cccc-3c12)-c1cccc2cccc-4c12. The molecule has 308 valence electrons. The zero-order chi connectivity index (χ0) is 45.6. The summed E-state index contributed by atoms with van der Waals surface area (Å²) < 4.78 is 0. The first-order chi connectivity index (χ1) is 31.8. The number of nitriles is 3. The fourth-order valence-electron chi connectivity index (χ4n) is 11.3. The molecule has 0 unspecified atom stereocenters. The Morgan fingerprint density at radius 2 is 0.712 bits per heavy atom. The number of nitrogens with zero attached hydrogens (tertiary/aromatic N) is 4. The average Bonchev–Trinajstić information content (AvgIpc) is 3.81. The molecule has 0 saturated carbocycles. The highest BCUT2D eigenvalue weighted by Gasteiger charge is 2.30. The third-order valence-electron chi connectivity index (χ3n) is 14.3. The summed E-state index contributed by atoms with van der Waals surface area (Å²) in [6, 6.07) is 55.0. The lowest BCUT2D eigenvalue weighted by Gasteiger charge is -2.24. The standard InChI is InChI=1S/C62H40N4/c1-61(2,3)56-28-42(35(30-63)20-36(56)31-64)47-26-51-50-24-45-40-18-10-14-34-15-11-19-41(60(34)40)46(45)25-53(50)54(55-29-57(62(4,5)6)37(32-65)21-58(55)66-7)27-52(51)49-23-44-39-17-9-13-33-12-8-16-38(59(33)39)43(44)22-48(47)49/h8-29H,1-6H3. The Morgan fingerprint density at radius 3 is 1.11 bits per heavy atom. The molecule has 66 heavy (non-hydrogen) atoms. The minimum Gasteiger partial charge on any atom is -0.237 e. The minimum atomic E-state index is -0.370. The van der Waals surface area contributed by atoms with Gasteiger partial charge in [0.2, 0.25) is 0 Å². The van der Waals surface area contributed by atoms with Crippen LogP contribution in [0.2, 0.25) is 0 Å². The van der Waals surface area contributed by atoms with Gasteiger partial charge in [0.1, 0.15) is 0 Å². The van der Waals surface area contributed by atoms with Crippen LogP contribution in [-0.2, 0) is 10.8 Å². The van der Waals surface area contributed by atoms with E-state index < -0.39 is 0 Å². The first kappa shape index (κ1) is 39.1. The molecule has 0 bridgehead atoms. The van der Waals surface area contributed by atoms with Gasteiger partial charge in [-0.2, -0.15) is 15.8 Å². The highest BCUT2D eigenvalue weighted by Crippen LogP contribution is 2.55. The summed E-state index contributed by atoms with van der Waals surface area (Å²) in [5.74, 6) is 0. The van der Waals surface area contributed by atoms with E-state index in [1.54, 1.807) is 12.1 Å². The van der Waals surface area contributed by atoms with E-state index >= 15 is 0 Å². The van der Waals surface area contributed by atoms with Gasteiger partial charge in [0, 0.05) is 11.1 Å². The Kier molecular flexibility index (Phi) is 7.99. The molecule has 0 radical (unpaired) electrons. The van der Waals surface area contributed by atoms with Crippen molar-refractivity contribution in [2.45, 2.75) is 52.4 Å². The molecule has 10 aromatic carbocycles. The van der Waals surface area contributed by atoms with Crippen LogP contribution in [0.5, 0.6) is 0 Å². The zero-order valence-corrected chi connectivity index (χ0v) is 37.5. The van der Waals surface area contributed by atoms with Gasteiger partial charge >= 0.3 is 0 Å². The summed E-state index contributed by atoms with van der Waals surface area (Å²) in [6.45, 7) is 21.2. The normalized spacial score (nSPS) is 12.3. The summed E-state index contributed by atoms with van der Waals surface area (Å²) in [4.78, 5) is 4.12. The molecule has 0 saturated heterocycles. The third-order valence-corrected chi connectivity index (χ3v) is 14.3. The van der Waals surface area contributed by atoms with E-state index in [9.17, 15) is 15.8 Å².